The van der Waals surface area contributed by atoms with E-state index in [1.165, 1.54) is 12.1 Å². The van der Waals surface area contributed by atoms with E-state index in [1.807, 2.05) is 19.0 Å². The summed E-state index contributed by atoms with van der Waals surface area (Å²) in [5.74, 6) is -2.27. The molecule has 0 aliphatic carbocycles. The maximum Gasteiger partial charge on any atom is 0.305 e. The minimum atomic E-state index is -0.947. The van der Waals surface area contributed by atoms with Gasteiger partial charge in [-0.3, -0.25) is 4.79 Å². The first kappa shape index (κ1) is 15.4. The third-order valence-electron chi connectivity index (χ3n) is 2.66. The third kappa shape index (κ3) is 5.21. The summed E-state index contributed by atoms with van der Waals surface area (Å²) < 4.78 is 26.6. The summed E-state index contributed by atoms with van der Waals surface area (Å²) in [6.45, 7) is 1.31. The number of anilines is 1. The lowest BCUT2D eigenvalue weighted by Crippen LogP contribution is -2.34. The number of aliphatic carboxylic acids is 1. The highest BCUT2D eigenvalue weighted by molar-refractivity contribution is 5.67. The number of carboxylic acids is 1. The molecule has 0 radical (unpaired) electrons. The third-order valence-corrected chi connectivity index (χ3v) is 2.66. The van der Waals surface area contributed by atoms with Gasteiger partial charge in [0, 0.05) is 25.7 Å². The number of rotatable bonds is 7. The number of hydrogen-bond donors (Lipinski definition) is 1. The Hall–Kier alpha value is -1.69. The predicted molar refractivity (Wildman–Crippen MR) is 69.4 cm³/mol. The molecule has 0 aliphatic heterocycles. The fourth-order valence-electron chi connectivity index (χ4n) is 1.64. The monoisotopic (exact) mass is 272 g/mol. The molecular weight excluding hydrogens is 254 g/mol. The van der Waals surface area contributed by atoms with Gasteiger partial charge in [0.1, 0.15) is 11.6 Å². The van der Waals surface area contributed by atoms with Crippen LogP contribution in [0.25, 0.3) is 0 Å². The van der Waals surface area contributed by atoms with Crippen molar-refractivity contribution in [1.82, 2.24) is 4.90 Å². The van der Waals surface area contributed by atoms with Crippen molar-refractivity contribution in [1.29, 1.82) is 0 Å². The second-order valence-electron chi connectivity index (χ2n) is 4.53. The topological polar surface area (TPSA) is 43.8 Å². The van der Waals surface area contributed by atoms with Crippen molar-refractivity contribution in [2.75, 3.05) is 38.6 Å². The molecule has 0 saturated heterocycles. The van der Waals surface area contributed by atoms with Crippen LogP contribution in [-0.4, -0.2) is 49.7 Å². The molecule has 0 spiro atoms. The SMILES string of the molecule is CN(C)CCN(CCC(=O)O)c1ccc(F)cc1F. The number of likely N-dealkylation sites (N-methyl/N-ethyl adjacent to an activating group) is 1. The van der Waals surface area contributed by atoms with Crippen LogP contribution in [0.4, 0.5) is 14.5 Å². The molecular formula is C13H18F2N2O2. The molecule has 0 amide bonds. The minimum Gasteiger partial charge on any atom is -0.481 e. The Balaban J connectivity index is 2.83. The van der Waals surface area contributed by atoms with Crippen molar-refractivity contribution in [2.45, 2.75) is 6.42 Å². The van der Waals surface area contributed by atoms with Gasteiger partial charge in [0.2, 0.25) is 0 Å². The highest BCUT2D eigenvalue weighted by Crippen LogP contribution is 2.20. The van der Waals surface area contributed by atoms with Gasteiger partial charge >= 0.3 is 5.97 Å². The maximum atomic E-state index is 13.7. The number of nitrogens with zero attached hydrogens (tertiary/aromatic N) is 2. The van der Waals surface area contributed by atoms with Crippen molar-refractivity contribution < 1.29 is 18.7 Å². The Bertz CT molecular complexity index is 439. The lowest BCUT2D eigenvalue weighted by atomic mass is 10.2. The van der Waals surface area contributed by atoms with Crippen LogP contribution in [0.3, 0.4) is 0 Å². The fraction of sp³-hybridized carbons (Fsp3) is 0.462. The Kier molecular flexibility index (Phi) is 5.69. The maximum absolute atomic E-state index is 13.7. The zero-order chi connectivity index (χ0) is 14.4. The zero-order valence-electron chi connectivity index (χ0n) is 11.1. The van der Waals surface area contributed by atoms with E-state index in [2.05, 4.69) is 0 Å². The Labute approximate surface area is 111 Å². The van der Waals surface area contributed by atoms with Crippen LogP contribution in [-0.2, 0) is 4.79 Å². The first-order valence-electron chi connectivity index (χ1n) is 5.96. The number of carboxylic acid groups (broad SMARTS) is 1. The zero-order valence-corrected chi connectivity index (χ0v) is 11.1. The number of carbonyl (C=O) groups is 1. The van der Waals surface area contributed by atoms with Gasteiger partial charge in [-0.2, -0.15) is 0 Å². The highest BCUT2D eigenvalue weighted by atomic mass is 19.1. The van der Waals surface area contributed by atoms with Crippen LogP contribution in [0.2, 0.25) is 0 Å². The summed E-state index contributed by atoms with van der Waals surface area (Å²) in [7, 11) is 3.74. The summed E-state index contributed by atoms with van der Waals surface area (Å²) in [5.41, 5.74) is 0.226. The van der Waals surface area contributed by atoms with Crippen molar-refractivity contribution in [3.8, 4) is 0 Å². The van der Waals surface area contributed by atoms with E-state index >= 15 is 0 Å². The molecule has 1 N–H and O–H groups in total. The van der Waals surface area contributed by atoms with Crippen LogP contribution in [0, 0.1) is 11.6 Å². The lowest BCUT2D eigenvalue weighted by Gasteiger charge is -2.26. The van der Waals surface area contributed by atoms with Gasteiger partial charge in [0.05, 0.1) is 12.1 Å². The summed E-state index contributed by atoms with van der Waals surface area (Å²) in [6, 6.07) is 3.31. The number of hydrogen-bond acceptors (Lipinski definition) is 3. The van der Waals surface area contributed by atoms with Gasteiger partial charge in [-0.1, -0.05) is 0 Å². The Morgan fingerprint density at radius 2 is 1.89 bits per heavy atom. The molecule has 0 atom stereocenters. The molecule has 1 aromatic carbocycles. The Morgan fingerprint density at radius 1 is 1.21 bits per heavy atom. The predicted octanol–water partition coefficient (Wildman–Crippen LogP) is 1.81. The molecule has 4 nitrogen and oxygen atoms in total. The van der Waals surface area contributed by atoms with Crippen molar-refractivity contribution in [3.63, 3.8) is 0 Å². The van der Waals surface area contributed by atoms with Gasteiger partial charge in [0.15, 0.2) is 0 Å². The quantitative estimate of drug-likeness (QED) is 0.822. The van der Waals surface area contributed by atoms with Crippen molar-refractivity contribution >= 4 is 11.7 Å². The normalized spacial score (nSPS) is 10.8. The van der Waals surface area contributed by atoms with Crippen LogP contribution in [0.15, 0.2) is 18.2 Å². The van der Waals surface area contributed by atoms with E-state index in [0.717, 1.165) is 6.07 Å². The Morgan fingerprint density at radius 3 is 2.42 bits per heavy atom. The van der Waals surface area contributed by atoms with Gasteiger partial charge < -0.3 is 14.9 Å². The minimum absolute atomic E-state index is 0.0930. The molecule has 19 heavy (non-hydrogen) atoms. The molecule has 0 fully saturated rings. The molecule has 1 aromatic rings. The van der Waals surface area contributed by atoms with Gasteiger partial charge in [-0.15, -0.1) is 0 Å². The lowest BCUT2D eigenvalue weighted by molar-refractivity contribution is -0.136. The van der Waals surface area contributed by atoms with E-state index in [4.69, 9.17) is 5.11 Å². The van der Waals surface area contributed by atoms with E-state index in [9.17, 15) is 13.6 Å². The van der Waals surface area contributed by atoms with Crippen LogP contribution in [0.5, 0.6) is 0 Å². The van der Waals surface area contributed by atoms with E-state index in [0.29, 0.717) is 13.1 Å². The largest absolute Gasteiger partial charge is 0.481 e. The van der Waals surface area contributed by atoms with Crippen LogP contribution in [0.1, 0.15) is 6.42 Å². The first-order valence-corrected chi connectivity index (χ1v) is 5.96. The van der Waals surface area contributed by atoms with Crippen LogP contribution >= 0.6 is 0 Å². The highest BCUT2D eigenvalue weighted by Gasteiger charge is 2.13. The fourth-order valence-corrected chi connectivity index (χ4v) is 1.64. The first-order chi connectivity index (χ1) is 8.90. The smallest absolute Gasteiger partial charge is 0.305 e. The average molecular weight is 272 g/mol. The van der Waals surface area contributed by atoms with Gasteiger partial charge in [-0.25, -0.2) is 8.78 Å². The number of halogens is 2. The molecule has 6 heteroatoms. The van der Waals surface area contributed by atoms with Crippen LogP contribution < -0.4 is 4.90 Å². The molecule has 0 bridgehead atoms. The van der Waals surface area contributed by atoms with Crippen molar-refractivity contribution in [2.24, 2.45) is 0 Å². The molecule has 0 aliphatic rings. The summed E-state index contributed by atoms with van der Waals surface area (Å²) >= 11 is 0. The van der Waals surface area contributed by atoms with Gasteiger partial charge in [0.25, 0.3) is 0 Å². The van der Waals surface area contributed by atoms with E-state index < -0.39 is 17.6 Å². The molecule has 0 unspecified atom stereocenters. The molecule has 106 valence electrons. The molecule has 1 rings (SSSR count). The molecule has 0 aromatic heterocycles. The van der Waals surface area contributed by atoms with E-state index in [1.54, 1.807) is 4.90 Å². The second-order valence-corrected chi connectivity index (χ2v) is 4.53. The summed E-state index contributed by atoms with van der Waals surface area (Å²) in [5, 5.41) is 8.71. The average Bonchev–Trinajstić information content (AvgIpc) is 2.30. The van der Waals surface area contributed by atoms with Gasteiger partial charge in [-0.05, 0) is 26.2 Å². The van der Waals surface area contributed by atoms with E-state index in [-0.39, 0.29) is 18.7 Å². The summed E-state index contributed by atoms with van der Waals surface area (Å²) in [4.78, 5) is 14.1. The molecule has 0 saturated carbocycles. The standard InChI is InChI=1S/C13H18F2N2O2/c1-16(2)7-8-17(6-5-13(18)19)12-4-3-10(14)9-11(12)15/h3-4,9H,5-8H2,1-2H3,(H,18,19). The summed E-state index contributed by atoms with van der Waals surface area (Å²) in [6.07, 6.45) is -0.0930. The van der Waals surface area contributed by atoms with Crippen molar-refractivity contribution in [3.05, 3.63) is 29.8 Å². The molecule has 0 heterocycles. The second kappa shape index (κ2) is 7.04. The number of benzene rings is 1.